The van der Waals surface area contributed by atoms with Crippen LogP contribution in [0.25, 0.3) is 33.4 Å². The highest BCUT2D eigenvalue weighted by atomic mass is 19.1. The number of halogens is 2. The predicted molar refractivity (Wildman–Crippen MR) is 159 cm³/mol. The Bertz CT molecular complexity index is 1580. The van der Waals surface area contributed by atoms with Gasteiger partial charge in [0.1, 0.15) is 23.7 Å². The van der Waals surface area contributed by atoms with Gasteiger partial charge in [-0.1, -0.05) is 6.07 Å². The molecule has 2 heterocycles. The highest BCUT2D eigenvalue weighted by Crippen LogP contribution is 2.44. The van der Waals surface area contributed by atoms with E-state index in [1.165, 1.54) is 0 Å². The summed E-state index contributed by atoms with van der Waals surface area (Å²) < 4.78 is 69.2. The number of hydrogen-bond acceptors (Lipinski definition) is 10. The number of ether oxygens (including phenoxy) is 6. The van der Waals surface area contributed by atoms with Gasteiger partial charge < -0.3 is 42.8 Å². The molecule has 1 N–H and O–H groups in total. The summed E-state index contributed by atoms with van der Waals surface area (Å²) in [5.41, 5.74) is 1.24. The number of benzene rings is 3. The van der Waals surface area contributed by atoms with Crippen LogP contribution in [0.4, 0.5) is 14.5 Å². The molecule has 12 heteroatoms. The van der Waals surface area contributed by atoms with Crippen molar-refractivity contribution in [1.82, 2.24) is 0 Å². The maximum absolute atomic E-state index is 14.6. The molecule has 0 aromatic heterocycles. The first-order chi connectivity index (χ1) is 21.5. The number of fused-ring (bicyclic) bond motifs is 3. The number of nitrogens with zero attached hydrogens (tertiary/aromatic N) is 1. The van der Waals surface area contributed by atoms with Crippen LogP contribution in [0.15, 0.2) is 51.7 Å². The highest BCUT2D eigenvalue weighted by Gasteiger charge is 2.23. The van der Waals surface area contributed by atoms with Gasteiger partial charge in [0.25, 0.3) is 0 Å². The van der Waals surface area contributed by atoms with E-state index in [0.29, 0.717) is 89.4 Å². The highest BCUT2D eigenvalue weighted by molar-refractivity contribution is 6.02. The van der Waals surface area contributed by atoms with E-state index in [2.05, 4.69) is 4.90 Å². The van der Waals surface area contributed by atoms with Crippen LogP contribution in [-0.4, -0.2) is 91.4 Å². The van der Waals surface area contributed by atoms with Crippen LogP contribution in [0, 0.1) is 11.6 Å². The van der Waals surface area contributed by atoms with Gasteiger partial charge in [-0.05, 0) is 29.8 Å². The van der Waals surface area contributed by atoms with Crippen LogP contribution < -0.4 is 15.1 Å². The third kappa shape index (κ3) is 7.63. The first kappa shape index (κ1) is 31.6. The molecule has 0 saturated carbocycles. The van der Waals surface area contributed by atoms with Crippen LogP contribution in [-0.2, 0) is 23.7 Å². The van der Waals surface area contributed by atoms with E-state index in [1.54, 1.807) is 19.2 Å². The molecule has 0 fully saturated rings. The third-order valence-corrected chi connectivity index (χ3v) is 7.10. The SMILES string of the molecule is COCCN1CCOCCOCCOCCOCCOc2cc(-c3c4cc(F)c(=O)cc-4oc4cc(O)c(F)cc34)ccc21. The molecule has 0 radical (unpaired) electrons. The summed E-state index contributed by atoms with van der Waals surface area (Å²) in [5, 5.41) is 10.3. The summed E-state index contributed by atoms with van der Waals surface area (Å²) in [6.07, 6.45) is 0. The van der Waals surface area contributed by atoms with Crippen LogP contribution in [0.3, 0.4) is 0 Å². The van der Waals surface area contributed by atoms with Crippen LogP contribution >= 0.6 is 0 Å². The minimum atomic E-state index is -0.974. The summed E-state index contributed by atoms with van der Waals surface area (Å²) in [6, 6.07) is 9.80. The molecule has 1 aliphatic carbocycles. The smallest absolute Gasteiger partial charge is 0.217 e. The Morgan fingerprint density at radius 3 is 2.23 bits per heavy atom. The van der Waals surface area contributed by atoms with Crippen molar-refractivity contribution in [3.05, 3.63) is 64.3 Å². The van der Waals surface area contributed by atoms with Gasteiger partial charge in [-0.25, -0.2) is 8.78 Å². The Morgan fingerprint density at radius 1 is 0.841 bits per heavy atom. The van der Waals surface area contributed by atoms with E-state index in [-0.39, 0.29) is 28.9 Å². The second-order valence-electron chi connectivity index (χ2n) is 10.0. The number of hydrogen-bond donors (Lipinski definition) is 1. The number of anilines is 1. The van der Waals surface area contributed by atoms with Crippen LogP contribution in [0.5, 0.6) is 11.5 Å². The normalized spacial score (nSPS) is 16.3. The number of aromatic hydroxyl groups is 1. The molecule has 2 aromatic rings. The Labute approximate surface area is 252 Å². The average Bonchev–Trinajstić information content (AvgIpc) is 3.01. The van der Waals surface area contributed by atoms with Crippen molar-refractivity contribution in [1.29, 1.82) is 0 Å². The van der Waals surface area contributed by atoms with E-state index >= 15 is 0 Å². The van der Waals surface area contributed by atoms with Crippen molar-refractivity contribution in [2.45, 2.75) is 0 Å². The van der Waals surface area contributed by atoms with Crippen molar-refractivity contribution in [3.63, 3.8) is 0 Å². The first-order valence-corrected chi connectivity index (χ1v) is 14.4. The van der Waals surface area contributed by atoms with Gasteiger partial charge in [0.15, 0.2) is 17.4 Å². The second-order valence-corrected chi connectivity index (χ2v) is 10.0. The molecule has 44 heavy (non-hydrogen) atoms. The van der Waals surface area contributed by atoms with Crippen molar-refractivity contribution in [2.24, 2.45) is 0 Å². The lowest BCUT2D eigenvalue weighted by molar-refractivity contribution is -0.00431. The minimum Gasteiger partial charge on any atom is -0.505 e. The average molecular weight is 616 g/mol. The zero-order valence-electron chi connectivity index (χ0n) is 24.4. The second kappa shape index (κ2) is 15.3. The van der Waals surface area contributed by atoms with Crippen LogP contribution in [0.1, 0.15) is 0 Å². The first-order valence-electron chi connectivity index (χ1n) is 14.4. The fourth-order valence-corrected chi connectivity index (χ4v) is 4.96. The molecule has 0 spiro atoms. The molecule has 2 aromatic carbocycles. The Balaban J connectivity index is 1.59. The van der Waals surface area contributed by atoms with Gasteiger partial charge in [-0.2, -0.15) is 0 Å². The molecule has 0 unspecified atom stereocenters. The zero-order chi connectivity index (χ0) is 30.9. The van der Waals surface area contributed by atoms with E-state index in [4.69, 9.17) is 32.8 Å². The van der Waals surface area contributed by atoms with Gasteiger partial charge in [0.05, 0.1) is 65.1 Å². The van der Waals surface area contributed by atoms with Crippen molar-refractivity contribution >= 4 is 16.7 Å². The Kier molecular flexibility index (Phi) is 11.0. The standard InChI is InChI=1S/C32H35F2NO9/c1-38-6-4-35-5-7-39-8-9-40-10-11-41-12-13-42-14-15-43-31-16-21(2-3-26(31)35)32-22-17-24(33)27(36)19-29(22)44-30-20-28(37)25(34)18-23(30)32/h2-3,16-20,36H,4-15H2,1H3. The zero-order valence-corrected chi connectivity index (χ0v) is 24.4. The minimum absolute atomic E-state index is 0.0862. The third-order valence-electron chi connectivity index (χ3n) is 7.10. The number of methoxy groups -OCH3 is 1. The maximum Gasteiger partial charge on any atom is 0.217 e. The summed E-state index contributed by atoms with van der Waals surface area (Å²) in [6.45, 7) is 5.05. The van der Waals surface area contributed by atoms with Crippen molar-refractivity contribution in [3.8, 4) is 33.9 Å². The fraction of sp³-hybridized carbons (Fsp3) is 0.406. The molecule has 5 rings (SSSR count). The lowest BCUT2D eigenvalue weighted by Crippen LogP contribution is -2.31. The summed E-state index contributed by atoms with van der Waals surface area (Å²) in [4.78, 5) is 14.2. The number of rotatable bonds is 4. The molecular weight excluding hydrogens is 580 g/mol. The molecule has 10 nitrogen and oxygen atoms in total. The predicted octanol–water partition coefficient (Wildman–Crippen LogP) is 4.46. The largest absolute Gasteiger partial charge is 0.505 e. The van der Waals surface area contributed by atoms with Gasteiger partial charge in [0.2, 0.25) is 5.43 Å². The fourth-order valence-electron chi connectivity index (χ4n) is 4.96. The number of phenolic OH excluding ortho intramolecular Hbond substituents is 1. The summed E-state index contributed by atoms with van der Waals surface area (Å²) in [5.74, 6) is -1.89. The van der Waals surface area contributed by atoms with Crippen molar-refractivity contribution in [2.75, 3.05) is 91.2 Å². The monoisotopic (exact) mass is 615 g/mol. The van der Waals surface area contributed by atoms with Crippen molar-refractivity contribution < 1.29 is 46.7 Å². The molecule has 3 aliphatic rings. The summed E-state index contributed by atoms with van der Waals surface area (Å²) >= 11 is 0. The molecule has 0 bridgehead atoms. The van der Waals surface area contributed by atoms with E-state index in [9.17, 15) is 18.7 Å². The summed E-state index contributed by atoms with van der Waals surface area (Å²) in [7, 11) is 1.62. The number of phenols is 1. The molecule has 0 saturated heterocycles. The lowest BCUT2D eigenvalue weighted by Gasteiger charge is -2.27. The Morgan fingerprint density at radius 2 is 1.52 bits per heavy atom. The van der Waals surface area contributed by atoms with E-state index in [0.717, 1.165) is 30.0 Å². The molecule has 0 amide bonds. The van der Waals surface area contributed by atoms with E-state index in [1.807, 2.05) is 6.07 Å². The molecule has 2 aliphatic heterocycles. The molecule has 0 atom stereocenters. The quantitative estimate of drug-likeness (QED) is 0.331. The maximum atomic E-state index is 14.6. The van der Waals surface area contributed by atoms with E-state index < -0.39 is 22.8 Å². The lowest BCUT2D eigenvalue weighted by atomic mass is 9.93. The van der Waals surface area contributed by atoms with Gasteiger partial charge in [-0.3, -0.25) is 4.79 Å². The van der Waals surface area contributed by atoms with Gasteiger partial charge in [-0.15, -0.1) is 0 Å². The molecule has 236 valence electrons. The molecular formula is C32H35F2NO9. The van der Waals surface area contributed by atoms with Crippen LogP contribution in [0.2, 0.25) is 0 Å². The topological polar surface area (TPSA) is 109 Å². The Hall–Kier alpha value is -3.81. The van der Waals surface area contributed by atoms with Gasteiger partial charge >= 0.3 is 0 Å². The van der Waals surface area contributed by atoms with Gasteiger partial charge in [0, 0.05) is 48.8 Å².